The first-order valence-electron chi connectivity index (χ1n) is 6.08. The number of thioether (sulfide) groups is 1. The van der Waals surface area contributed by atoms with Crippen LogP contribution in [0.25, 0.3) is 0 Å². The van der Waals surface area contributed by atoms with Crippen molar-refractivity contribution in [3.63, 3.8) is 0 Å². The monoisotopic (exact) mass is 292 g/mol. The molecule has 98 valence electrons. The van der Waals surface area contributed by atoms with E-state index in [2.05, 4.69) is 12.1 Å². The molecule has 1 aliphatic rings. The predicted molar refractivity (Wildman–Crippen MR) is 78.4 cm³/mol. The van der Waals surface area contributed by atoms with Crippen LogP contribution in [-0.4, -0.2) is 12.5 Å². The quantitative estimate of drug-likeness (QED) is 0.778. The lowest BCUT2D eigenvalue weighted by atomic mass is 10.1. The van der Waals surface area contributed by atoms with Gasteiger partial charge in [0.2, 0.25) is 6.79 Å². The molecule has 0 bridgehead atoms. The van der Waals surface area contributed by atoms with Crippen LogP contribution in [0.2, 0.25) is 5.02 Å². The summed E-state index contributed by atoms with van der Waals surface area (Å²) in [5, 5.41) is 0.778. The number of aryl methyl sites for hydroxylation is 1. The average Bonchev–Trinajstić information content (AvgIpc) is 2.88. The first kappa shape index (κ1) is 12.7. The van der Waals surface area contributed by atoms with E-state index >= 15 is 0 Å². The molecule has 2 aromatic rings. The zero-order valence-electron chi connectivity index (χ0n) is 10.3. The Kier molecular flexibility index (Phi) is 3.85. The van der Waals surface area contributed by atoms with E-state index in [0.29, 0.717) is 6.79 Å². The Hall–Kier alpha value is -1.32. The lowest BCUT2D eigenvalue weighted by Gasteiger charge is -2.04. The van der Waals surface area contributed by atoms with Gasteiger partial charge >= 0.3 is 0 Å². The second kappa shape index (κ2) is 5.76. The summed E-state index contributed by atoms with van der Waals surface area (Å²) in [5.74, 6) is 2.73. The highest BCUT2D eigenvalue weighted by Crippen LogP contribution is 2.33. The van der Waals surface area contributed by atoms with Crippen LogP contribution in [0, 0.1) is 0 Å². The van der Waals surface area contributed by atoms with Crippen LogP contribution >= 0.6 is 23.4 Å². The Morgan fingerprint density at radius 2 is 1.79 bits per heavy atom. The predicted octanol–water partition coefficient (Wildman–Crippen LogP) is 4.40. The first-order chi connectivity index (χ1) is 9.31. The van der Waals surface area contributed by atoms with E-state index in [0.717, 1.165) is 28.7 Å². The number of fused-ring (bicyclic) bond motifs is 1. The van der Waals surface area contributed by atoms with Gasteiger partial charge in [0.1, 0.15) is 0 Å². The summed E-state index contributed by atoms with van der Waals surface area (Å²) in [6, 6.07) is 14.1. The first-order valence-corrected chi connectivity index (χ1v) is 7.44. The highest BCUT2D eigenvalue weighted by atomic mass is 35.5. The van der Waals surface area contributed by atoms with Crippen molar-refractivity contribution in [2.24, 2.45) is 0 Å². The van der Waals surface area contributed by atoms with Crippen LogP contribution in [0.5, 0.6) is 11.5 Å². The molecule has 1 aliphatic heterocycles. The summed E-state index contributed by atoms with van der Waals surface area (Å²) in [4.78, 5) is 1.24. The van der Waals surface area contributed by atoms with E-state index < -0.39 is 0 Å². The normalized spacial score (nSPS) is 12.7. The number of ether oxygens (including phenoxy) is 2. The lowest BCUT2D eigenvalue weighted by Crippen LogP contribution is -1.93. The third-order valence-corrected chi connectivity index (χ3v) is 4.18. The van der Waals surface area contributed by atoms with Crippen molar-refractivity contribution in [1.29, 1.82) is 0 Å². The number of rotatable bonds is 4. The van der Waals surface area contributed by atoms with Gasteiger partial charge in [0.25, 0.3) is 0 Å². The molecule has 0 radical (unpaired) electrons. The molecule has 0 fully saturated rings. The van der Waals surface area contributed by atoms with Gasteiger partial charge in [-0.25, -0.2) is 0 Å². The average molecular weight is 293 g/mol. The van der Waals surface area contributed by atoms with Gasteiger partial charge in [-0.15, -0.1) is 11.8 Å². The molecule has 4 heteroatoms. The zero-order chi connectivity index (χ0) is 13.1. The standard InChI is InChI=1S/C15H13ClO2S/c16-12-2-4-13(5-3-12)19-8-7-11-1-6-14-15(9-11)18-10-17-14/h1-6,9H,7-8,10H2. The summed E-state index contributed by atoms with van der Waals surface area (Å²) in [5.41, 5.74) is 1.27. The third-order valence-electron chi connectivity index (χ3n) is 2.91. The van der Waals surface area contributed by atoms with Crippen LogP contribution in [0.4, 0.5) is 0 Å². The summed E-state index contributed by atoms with van der Waals surface area (Å²) in [6.45, 7) is 0.332. The van der Waals surface area contributed by atoms with Gasteiger partial charge in [-0.05, 0) is 48.4 Å². The van der Waals surface area contributed by atoms with Gasteiger partial charge < -0.3 is 9.47 Å². The van der Waals surface area contributed by atoms with Crippen LogP contribution in [0.15, 0.2) is 47.4 Å². The maximum atomic E-state index is 5.86. The van der Waals surface area contributed by atoms with E-state index in [-0.39, 0.29) is 0 Å². The molecule has 3 rings (SSSR count). The molecular formula is C15H13ClO2S. The van der Waals surface area contributed by atoms with Crippen LogP contribution in [-0.2, 0) is 6.42 Å². The van der Waals surface area contributed by atoms with Crippen LogP contribution in [0.1, 0.15) is 5.56 Å². The Balaban J connectivity index is 1.56. The largest absolute Gasteiger partial charge is 0.454 e. The van der Waals surface area contributed by atoms with Crippen LogP contribution in [0.3, 0.4) is 0 Å². The van der Waals surface area contributed by atoms with E-state index in [1.54, 1.807) is 0 Å². The molecule has 19 heavy (non-hydrogen) atoms. The lowest BCUT2D eigenvalue weighted by molar-refractivity contribution is 0.174. The number of hydrogen-bond acceptors (Lipinski definition) is 3. The fourth-order valence-corrected chi connectivity index (χ4v) is 2.94. The molecule has 2 aromatic carbocycles. The highest BCUT2D eigenvalue weighted by molar-refractivity contribution is 7.99. The molecule has 0 saturated heterocycles. The Morgan fingerprint density at radius 3 is 2.63 bits per heavy atom. The van der Waals surface area contributed by atoms with E-state index in [4.69, 9.17) is 21.1 Å². The molecule has 0 saturated carbocycles. The number of hydrogen-bond donors (Lipinski definition) is 0. The molecule has 0 aliphatic carbocycles. The highest BCUT2D eigenvalue weighted by Gasteiger charge is 2.12. The molecule has 2 nitrogen and oxygen atoms in total. The van der Waals surface area contributed by atoms with E-state index in [1.807, 2.05) is 42.1 Å². The third kappa shape index (κ3) is 3.17. The maximum Gasteiger partial charge on any atom is 0.231 e. The fraction of sp³-hybridized carbons (Fsp3) is 0.200. The Labute approximate surface area is 121 Å². The number of halogens is 1. The smallest absolute Gasteiger partial charge is 0.231 e. The van der Waals surface area contributed by atoms with Gasteiger partial charge in [0.15, 0.2) is 11.5 Å². The van der Waals surface area contributed by atoms with Crippen molar-refractivity contribution in [2.75, 3.05) is 12.5 Å². The summed E-state index contributed by atoms with van der Waals surface area (Å²) in [7, 11) is 0. The fourth-order valence-electron chi connectivity index (χ4n) is 1.91. The van der Waals surface area contributed by atoms with Crippen molar-refractivity contribution in [3.8, 4) is 11.5 Å². The van der Waals surface area contributed by atoms with Gasteiger partial charge in [-0.3, -0.25) is 0 Å². The minimum Gasteiger partial charge on any atom is -0.454 e. The van der Waals surface area contributed by atoms with Gasteiger partial charge in [0, 0.05) is 15.7 Å². The second-order valence-electron chi connectivity index (χ2n) is 4.24. The van der Waals surface area contributed by atoms with Crippen molar-refractivity contribution < 1.29 is 9.47 Å². The number of benzene rings is 2. The molecular weight excluding hydrogens is 280 g/mol. The van der Waals surface area contributed by atoms with Crippen molar-refractivity contribution in [3.05, 3.63) is 53.1 Å². The summed E-state index contributed by atoms with van der Waals surface area (Å²) < 4.78 is 10.7. The Bertz CT molecular complexity index is 569. The molecule has 0 spiro atoms. The summed E-state index contributed by atoms with van der Waals surface area (Å²) >= 11 is 7.69. The molecule has 0 atom stereocenters. The molecule has 1 heterocycles. The van der Waals surface area contributed by atoms with E-state index in [1.165, 1.54) is 10.5 Å². The molecule has 0 N–H and O–H groups in total. The maximum absolute atomic E-state index is 5.86. The molecule has 0 unspecified atom stereocenters. The second-order valence-corrected chi connectivity index (χ2v) is 5.84. The van der Waals surface area contributed by atoms with Crippen molar-refractivity contribution in [1.82, 2.24) is 0 Å². The van der Waals surface area contributed by atoms with Gasteiger partial charge in [-0.1, -0.05) is 17.7 Å². The van der Waals surface area contributed by atoms with Crippen molar-refractivity contribution >= 4 is 23.4 Å². The topological polar surface area (TPSA) is 18.5 Å². The molecule has 0 amide bonds. The zero-order valence-corrected chi connectivity index (χ0v) is 11.8. The molecule has 0 aromatic heterocycles. The van der Waals surface area contributed by atoms with E-state index in [9.17, 15) is 0 Å². The van der Waals surface area contributed by atoms with Gasteiger partial charge in [-0.2, -0.15) is 0 Å². The van der Waals surface area contributed by atoms with Gasteiger partial charge in [0.05, 0.1) is 0 Å². The van der Waals surface area contributed by atoms with Crippen LogP contribution < -0.4 is 9.47 Å². The summed E-state index contributed by atoms with van der Waals surface area (Å²) in [6.07, 6.45) is 1.00. The SMILES string of the molecule is Clc1ccc(SCCc2ccc3c(c2)OCO3)cc1. The minimum atomic E-state index is 0.332. The minimum absolute atomic E-state index is 0.332. The Morgan fingerprint density at radius 1 is 1.00 bits per heavy atom. The van der Waals surface area contributed by atoms with Crippen molar-refractivity contribution in [2.45, 2.75) is 11.3 Å².